The number of carbonyl (C=O) groups excluding carboxylic acids is 1. The van der Waals surface area contributed by atoms with Gasteiger partial charge < -0.3 is 0 Å². The molecular weight excluding hydrogens is 124 g/mol. The fourth-order valence-electron chi connectivity index (χ4n) is 1.26. The van der Waals surface area contributed by atoms with Crippen LogP contribution in [-0.4, -0.2) is 5.78 Å². The Balaban J connectivity index is 2.65. The van der Waals surface area contributed by atoms with Crippen molar-refractivity contribution in [2.45, 2.75) is 19.8 Å². The normalized spacial score (nSPS) is 24.7. The van der Waals surface area contributed by atoms with Crippen molar-refractivity contribution in [2.24, 2.45) is 5.92 Å². The van der Waals surface area contributed by atoms with Gasteiger partial charge in [-0.3, -0.25) is 4.79 Å². The standard InChI is InChI=1S/C9H12O/c1-3-4-8-5-7(2)6-9(8)10/h3,5,7H,1,4,6H2,2H3/t7-/m0/s1. The largest absolute Gasteiger partial charge is 0.295 e. The van der Waals surface area contributed by atoms with E-state index in [0.29, 0.717) is 18.1 Å². The number of carbonyl (C=O) groups is 1. The number of ketones is 1. The average Bonchev–Trinajstić information content (AvgIpc) is 2.13. The smallest absolute Gasteiger partial charge is 0.159 e. The summed E-state index contributed by atoms with van der Waals surface area (Å²) < 4.78 is 0. The highest BCUT2D eigenvalue weighted by atomic mass is 16.1. The van der Waals surface area contributed by atoms with Gasteiger partial charge in [-0.15, -0.1) is 6.58 Å². The predicted molar refractivity (Wildman–Crippen MR) is 41.7 cm³/mol. The predicted octanol–water partition coefficient (Wildman–Crippen LogP) is 2.10. The number of Topliss-reactive ketones (excluding diaryl/α,β-unsaturated/α-hetero) is 1. The highest BCUT2D eigenvalue weighted by molar-refractivity contribution is 5.98. The Morgan fingerprint density at radius 2 is 2.60 bits per heavy atom. The number of allylic oxidation sites excluding steroid dienone is 3. The quantitative estimate of drug-likeness (QED) is 0.531. The fourth-order valence-corrected chi connectivity index (χ4v) is 1.26. The second-order valence-electron chi connectivity index (χ2n) is 2.79. The molecule has 1 aliphatic carbocycles. The lowest BCUT2D eigenvalue weighted by atomic mass is 10.1. The summed E-state index contributed by atoms with van der Waals surface area (Å²) in [5.74, 6) is 0.745. The first kappa shape index (κ1) is 7.26. The SMILES string of the molecule is C=CCC1=C[C@H](C)CC1=O. The Hall–Kier alpha value is -0.850. The van der Waals surface area contributed by atoms with Crippen LogP contribution in [0.3, 0.4) is 0 Å². The summed E-state index contributed by atoms with van der Waals surface area (Å²) in [6.45, 7) is 5.65. The highest BCUT2D eigenvalue weighted by Gasteiger charge is 2.18. The van der Waals surface area contributed by atoms with Crippen LogP contribution in [0.15, 0.2) is 24.3 Å². The molecular formula is C9H12O. The molecule has 0 aromatic carbocycles. The first-order valence-corrected chi connectivity index (χ1v) is 3.59. The van der Waals surface area contributed by atoms with Gasteiger partial charge in [0.2, 0.25) is 0 Å². The molecule has 0 N–H and O–H groups in total. The molecule has 10 heavy (non-hydrogen) atoms. The molecule has 1 heteroatoms. The second-order valence-corrected chi connectivity index (χ2v) is 2.79. The summed E-state index contributed by atoms with van der Waals surface area (Å²) in [4.78, 5) is 11.1. The molecule has 1 atom stereocenters. The van der Waals surface area contributed by atoms with E-state index in [2.05, 4.69) is 13.5 Å². The van der Waals surface area contributed by atoms with Gasteiger partial charge in [-0.05, 0) is 17.9 Å². The molecule has 0 saturated heterocycles. The van der Waals surface area contributed by atoms with Crippen molar-refractivity contribution in [3.63, 3.8) is 0 Å². The van der Waals surface area contributed by atoms with E-state index in [1.54, 1.807) is 6.08 Å². The van der Waals surface area contributed by atoms with Crippen LogP contribution in [0, 0.1) is 5.92 Å². The van der Waals surface area contributed by atoms with Crippen LogP contribution < -0.4 is 0 Å². The van der Waals surface area contributed by atoms with Gasteiger partial charge in [-0.25, -0.2) is 0 Å². The van der Waals surface area contributed by atoms with Crippen LogP contribution in [0.1, 0.15) is 19.8 Å². The average molecular weight is 136 g/mol. The maximum atomic E-state index is 11.1. The van der Waals surface area contributed by atoms with E-state index in [1.165, 1.54) is 0 Å². The van der Waals surface area contributed by atoms with Crippen LogP contribution in [0.2, 0.25) is 0 Å². The molecule has 1 nitrogen and oxygen atoms in total. The van der Waals surface area contributed by atoms with Crippen LogP contribution in [0.4, 0.5) is 0 Å². The monoisotopic (exact) mass is 136 g/mol. The molecule has 0 spiro atoms. The van der Waals surface area contributed by atoms with E-state index in [0.717, 1.165) is 12.0 Å². The second kappa shape index (κ2) is 2.82. The molecule has 0 aromatic heterocycles. The van der Waals surface area contributed by atoms with Crippen molar-refractivity contribution in [1.29, 1.82) is 0 Å². The maximum Gasteiger partial charge on any atom is 0.159 e. The molecule has 0 aliphatic heterocycles. The van der Waals surface area contributed by atoms with E-state index in [-0.39, 0.29) is 0 Å². The Morgan fingerprint density at radius 3 is 3.00 bits per heavy atom. The van der Waals surface area contributed by atoms with Crippen LogP contribution in [0.5, 0.6) is 0 Å². The van der Waals surface area contributed by atoms with Crippen molar-refractivity contribution in [2.75, 3.05) is 0 Å². The van der Waals surface area contributed by atoms with Crippen LogP contribution in [0.25, 0.3) is 0 Å². The minimum absolute atomic E-state index is 0.299. The van der Waals surface area contributed by atoms with E-state index >= 15 is 0 Å². The summed E-state index contributed by atoms with van der Waals surface area (Å²) in [6.07, 6.45) is 5.26. The molecule has 0 bridgehead atoms. The molecule has 0 aromatic rings. The molecule has 54 valence electrons. The van der Waals surface area contributed by atoms with E-state index in [4.69, 9.17) is 0 Å². The lowest BCUT2D eigenvalue weighted by Gasteiger charge is -1.91. The third-order valence-corrected chi connectivity index (χ3v) is 1.72. The maximum absolute atomic E-state index is 11.1. The van der Waals surface area contributed by atoms with Gasteiger partial charge in [0.15, 0.2) is 5.78 Å². The van der Waals surface area contributed by atoms with Crippen molar-refractivity contribution in [3.8, 4) is 0 Å². The fraction of sp³-hybridized carbons (Fsp3) is 0.444. The minimum Gasteiger partial charge on any atom is -0.295 e. The third-order valence-electron chi connectivity index (χ3n) is 1.72. The molecule has 0 unspecified atom stereocenters. The Bertz CT molecular complexity index is 189. The van der Waals surface area contributed by atoms with E-state index in [1.807, 2.05) is 6.08 Å². The summed E-state index contributed by atoms with van der Waals surface area (Å²) in [5, 5.41) is 0. The van der Waals surface area contributed by atoms with E-state index in [9.17, 15) is 4.79 Å². The van der Waals surface area contributed by atoms with Crippen molar-refractivity contribution in [3.05, 3.63) is 24.3 Å². The van der Waals surface area contributed by atoms with E-state index < -0.39 is 0 Å². The van der Waals surface area contributed by atoms with Gasteiger partial charge in [0.25, 0.3) is 0 Å². The summed E-state index contributed by atoms with van der Waals surface area (Å²) in [5.41, 5.74) is 0.947. The van der Waals surface area contributed by atoms with Gasteiger partial charge in [-0.1, -0.05) is 19.1 Å². The van der Waals surface area contributed by atoms with Gasteiger partial charge in [0, 0.05) is 6.42 Å². The molecule has 1 aliphatic rings. The Morgan fingerprint density at radius 1 is 1.90 bits per heavy atom. The topological polar surface area (TPSA) is 17.1 Å². The van der Waals surface area contributed by atoms with Crippen molar-refractivity contribution < 1.29 is 4.79 Å². The number of hydrogen-bond donors (Lipinski definition) is 0. The van der Waals surface area contributed by atoms with Crippen molar-refractivity contribution in [1.82, 2.24) is 0 Å². The molecule has 0 amide bonds. The number of rotatable bonds is 2. The number of hydrogen-bond acceptors (Lipinski definition) is 1. The zero-order chi connectivity index (χ0) is 7.56. The molecule has 0 fully saturated rings. The van der Waals surface area contributed by atoms with Crippen molar-refractivity contribution >= 4 is 5.78 Å². The summed E-state index contributed by atoms with van der Waals surface area (Å²) >= 11 is 0. The highest BCUT2D eigenvalue weighted by Crippen LogP contribution is 2.22. The molecule has 0 heterocycles. The summed E-state index contributed by atoms with van der Waals surface area (Å²) in [6, 6.07) is 0. The van der Waals surface area contributed by atoms with Gasteiger partial charge in [-0.2, -0.15) is 0 Å². The summed E-state index contributed by atoms with van der Waals surface area (Å²) in [7, 11) is 0. The first-order valence-electron chi connectivity index (χ1n) is 3.59. The Labute approximate surface area is 61.4 Å². The van der Waals surface area contributed by atoms with Gasteiger partial charge in [0.1, 0.15) is 0 Å². The zero-order valence-electron chi connectivity index (χ0n) is 6.26. The Kier molecular flexibility index (Phi) is 2.05. The lowest BCUT2D eigenvalue weighted by molar-refractivity contribution is -0.115. The minimum atomic E-state index is 0.299. The van der Waals surface area contributed by atoms with Gasteiger partial charge in [0.05, 0.1) is 0 Å². The van der Waals surface area contributed by atoms with Crippen LogP contribution >= 0.6 is 0 Å². The lowest BCUT2D eigenvalue weighted by Crippen LogP contribution is -1.95. The van der Waals surface area contributed by atoms with Gasteiger partial charge >= 0.3 is 0 Å². The third kappa shape index (κ3) is 1.35. The first-order chi connectivity index (χ1) is 4.74. The van der Waals surface area contributed by atoms with Crippen LogP contribution in [-0.2, 0) is 4.79 Å². The molecule has 1 rings (SSSR count). The zero-order valence-corrected chi connectivity index (χ0v) is 6.26. The molecule has 0 saturated carbocycles. The molecule has 0 radical (unpaired) electrons.